The van der Waals surface area contributed by atoms with Gasteiger partial charge in [-0.15, -0.1) is 0 Å². The van der Waals surface area contributed by atoms with E-state index in [0.29, 0.717) is 0 Å². The summed E-state index contributed by atoms with van der Waals surface area (Å²) in [7, 11) is 3.86. The molecule has 25 heavy (non-hydrogen) atoms. The van der Waals surface area contributed by atoms with Crippen LogP contribution in [-0.4, -0.2) is 37.3 Å². The summed E-state index contributed by atoms with van der Waals surface area (Å²) in [4.78, 5) is 43.3. The summed E-state index contributed by atoms with van der Waals surface area (Å²) in [6, 6.07) is 3.74. The van der Waals surface area contributed by atoms with Crippen molar-refractivity contribution in [2.75, 3.05) is 19.0 Å². The lowest BCUT2D eigenvalue weighted by molar-refractivity contribution is -0.685. The van der Waals surface area contributed by atoms with E-state index in [2.05, 4.69) is 5.16 Å². The monoisotopic (exact) mass is 344 g/mol. The van der Waals surface area contributed by atoms with Crippen molar-refractivity contribution in [1.82, 2.24) is 0 Å². The van der Waals surface area contributed by atoms with E-state index in [-0.39, 0.29) is 35.7 Å². The maximum atomic E-state index is 12.3. The molecule has 1 aromatic heterocycles. The van der Waals surface area contributed by atoms with Gasteiger partial charge in [0.15, 0.2) is 29.7 Å². The molecule has 0 aromatic carbocycles. The number of carbonyl (C=O) groups excluding carboxylic acids is 3. The molecule has 2 aliphatic carbocycles. The number of Topliss-reactive ketones (excluding diaryl/α,β-unsaturated/α-hetero) is 2. The zero-order chi connectivity index (χ0) is 18.0. The minimum absolute atomic E-state index is 0.0419. The zero-order valence-corrected chi connectivity index (χ0v) is 14.5. The molecule has 3 rings (SSSR count). The fourth-order valence-corrected chi connectivity index (χ4v) is 3.45. The van der Waals surface area contributed by atoms with Crippen LogP contribution in [-0.2, 0) is 25.8 Å². The molecule has 7 heteroatoms. The van der Waals surface area contributed by atoms with Crippen LogP contribution in [0.5, 0.6) is 0 Å². The van der Waals surface area contributed by atoms with E-state index in [9.17, 15) is 14.4 Å². The third kappa shape index (κ3) is 3.60. The maximum absolute atomic E-state index is 12.3. The minimum Gasteiger partial charge on any atom is -0.377 e. The number of pyridine rings is 1. The molecular formula is C18H22N3O4+. The number of hydrogen-bond acceptors (Lipinski definition) is 6. The second-order valence-electron chi connectivity index (χ2n) is 6.75. The van der Waals surface area contributed by atoms with Gasteiger partial charge in [-0.3, -0.25) is 9.59 Å². The summed E-state index contributed by atoms with van der Waals surface area (Å²) in [6.45, 7) is -0.0419. The first-order valence-electron chi connectivity index (χ1n) is 8.50. The molecule has 0 aliphatic heterocycles. The molecule has 2 fully saturated rings. The lowest BCUT2D eigenvalue weighted by atomic mass is 9.81. The molecule has 1 aromatic rings. The molecule has 132 valence electrons. The Balaban J connectivity index is 1.62. The summed E-state index contributed by atoms with van der Waals surface area (Å²) in [5.74, 6) is -1.71. The average Bonchev–Trinajstić information content (AvgIpc) is 2.85. The Morgan fingerprint density at radius 1 is 1.16 bits per heavy atom. The molecule has 0 radical (unpaired) electrons. The van der Waals surface area contributed by atoms with Gasteiger partial charge in [-0.1, -0.05) is 18.0 Å². The van der Waals surface area contributed by atoms with Gasteiger partial charge in [0.2, 0.25) is 6.54 Å². The Kier molecular flexibility index (Phi) is 4.92. The second kappa shape index (κ2) is 7.13. The van der Waals surface area contributed by atoms with E-state index >= 15 is 0 Å². The quantitative estimate of drug-likeness (QED) is 0.460. The van der Waals surface area contributed by atoms with E-state index in [1.54, 1.807) is 17.0 Å². The highest BCUT2D eigenvalue weighted by atomic mass is 16.7. The zero-order valence-electron chi connectivity index (χ0n) is 14.5. The van der Waals surface area contributed by atoms with Gasteiger partial charge in [-0.2, -0.15) is 4.57 Å². The number of aromatic nitrogens is 1. The van der Waals surface area contributed by atoms with Crippen molar-refractivity contribution in [3.63, 3.8) is 0 Å². The van der Waals surface area contributed by atoms with Crippen LogP contribution in [0.15, 0.2) is 29.7 Å². The van der Waals surface area contributed by atoms with E-state index < -0.39 is 5.97 Å². The van der Waals surface area contributed by atoms with Crippen LogP contribution in [0.2, 0.25) is 0 Å². The van der Waals surface area contributed by atoms with Gasteiger partial charge in [-0.25, -0.2) is 4.79 Å². The summed E-state index contributed by atoms with van der Waals surface area (Å²) in [6.07, 6.45) is 6.85. The van der Waals surface area contributed by atoms with Crippen molar-refractivity contribution in [2.45, 2.75) is 32.2 Å². The van der Waals surface area contributed by atoms with Crippen LogP contribution in [0.4, 0.5) is 5.69 Å². The van der Waals surface area contributed by atoms with Gasteiger partial charge in [0, 0.05) is 43.8 Å². The molecule has 7 nitrogen and oxygen atoms in total. The Hall–Kier alpha value is -2.57. The van der Waals surface area contributed by atoms with Crippen molar-refractivity contribution in [3.05, 3.63) is 24.5 Å². The molecule has 2 unspecified atom stereocenters. The van der Waals surface area contributed by atoms with E-state index in [4.69, 9.17) is 4.84 Å². The predicted octanol–water partition coefficient (Wildman–Crippen LogP) is 0.897. The lowest BCUT2D eigenvalue weighted by Gasteiger charge is -2.20. The highest BCUT2D eigenvalue weighted by Gasteiger charge is 2.48. The number of rotatable bonds is 4. The molecule has 0 saturated heterocycles. The predicted molar refractivity (Wildman–Crippen MR) is 90.0 cm³/mol. The van der Waals surface area contributed by atoms with Gasteiger partial charge in [0.05, 0.1) is 0 Å². The Bertz CT molecular complexity index is 698. The fraction of sp³-hybridized carbons (Fsp3) is 0.500. The molecule has 2 aliphatic rings. The van der Waals surface area contributed by atoms with Crippen LogP contribution in [0.3, 0.4) is 0 Å². The van der Waals surface area contributed by atoms with E-state index in [0.717, 1.165) is 31.4 Å². The van der Waals surface area contributed by atoms with Crippen molar-refractivity contribution in [1.29, 1.82) is 0 Å². The van der Waals surface area contributed by atoms with E-state index in [1.807, 2.05) is 31.1 Å². The molecule has 2 saturated carbocycles. The molecule has 0 amide bonds. The van der Waals surface area contributed by atoms with Gasteiger partial charge < -0.3 is 9.74 Å². The third-order valence-electron chi connectivity index (χ3n) is 4.85. The number of nitrogens with zero attached hydrogens (tertiary/aromatic N) is 3. The molecule has 2 atom stereocenters. The van der Waals surface area contributed by atoms with E-state index in [1.165, 1.54) is 0 Å². The van der Waals surface area contributed by atoms with Gasteiger partial charge in [0.1, 0.15) is 0 Å². The largest absolute Gasteiger partial charge is 0.399 e. The topological polar surface area (TPSA) is 79.9 Å². The SMILES string of the molecule is CN(C)c1cc[n+](CC(=O)ON=C2C(=O)C3CCCCC3C2=O)cc1. The van der Waals surface area contributed by atoms with Gasteiger partial charge >= 0.3 is 5.97 Å². The first kappa shape index (κ1) is 17.3. The summed E-state index contributed by atoms with van der Waals surface area (Å²) >= 11 is 0. The number of hydrogen-bond donors (Lipinski definition) is 0. The number of anilines is 1. The van der Waals surface area contributed by atoms with Gasteiger partial charge in [0.25, 0.3) is 0 Å². The van der Waals surface area contributed by atoms with Crippen molar-refractivity contribution in [2.24, 2.45) is 17.0 Å². The second-order valence-corrected chi connectivity index (χ2v) is 6.75. The Morgan fingerprint density at radius 3 is 2.24 bits per heavy atom. The highest BCUT2D eigenvalue weighted by molar-refractivity contribution is 6.70. The van der Waals surface area contributed by atoms with Crippen molar-refractivity contribution in [3.8, 4) is 0 Å². The third-order valence-corrected chi connectivity index (χ3v) is 4.85. The molecule has 0 bridgehead atoms. The summed E-state index contributed by atoms with van der Waals surface area (Å²) < 4.78 is 1.65. The Morgan fingerprint density at radius 2 is 1.72 bits per heavy atom. The van der Waals surface area contributed by atoms with Crippen molar-refractivity contribution >= 4 is 28.9 Å². The lowest BCUT2D eigenvalue weighted by Crippen LogP contribution is -2.37. The normalized spacial score (nSPS) is 22.6. The Labute approximate surface area is 146 Å². The number of carbonyl (C=O) groups is 3. The van der Waals surface area contributed by atoms with Crippen LogP contribution in [0, 0.1) is 11.8 Å². The molecule has 1 heterocycles. The summed E-state index contributed by atoms with van der Waals surface area (Å²) in [5, 5.41) is 3.60. The minimum atomic E-state index is -0.620. The first-order chi connectivity index (χ1) is 12.0. The van der Waals surface area contributed by atoms with Crippen LogP contribution in [0.1, 0.15) is 25.7 Å². The fourth-order valence-electron chi connectivity index (χ4n) is 3.45. The van der Waals surface area contributed by atoms with Crippen molar-refractivity contribution < 1.29 is 23.8 Å². The number of fused-ring (bicyclic) bond motifs is 1. The molecule has 0 N–H and O–H groups in total. The highest BCUT2D eigenvalue weighted by Crippen LogP contribution is 2.36. The van der Waals surface area contributed by atoms with Crippen LogP contribution >= 0.6 is 0 Å². The number of oxime groups is 1. The standard InChI is InChI=1S/C18H22N3O4/c1-20(2)12-7-9-21(10-8-12)11-15(22)25-19-16-17(23)13-5-3-4-6-14(13)18(16)24/h7-10,13-14H,3-6,11H2,1-2H3/q+1. The smallest absolute Gasteiger partial charge is 0.377 e. The summed E-state index contributed by atoms with van der Waals surface area (Å²) in [5.41, 5.74) is 0.813. The molecular weight excluding hydrogens is 322 g/mol. The van der Waals surface area contributed by atoms with Gasteiger partial charge in [-0.05, 0) is 12.8 Å². The maximum Gasteiger partial charge on any atom is 0.399 e. The number of ketones is 2. The average molecular weight is 344 g/mol. The van der Waals surface area contributed by atoms with Crippen LogP contribution in [0.25, 0.3) is 0 Å². The van der Waals surface area contributed by atoms with Crippen LogP contribution < -0.4 is 9.47 Å². The first-order valence-corrected chi connectivity index (χ1v) is 8.50. The molecule has 0 spiro atoms.